The normalized spacial score (nSPS) is 10.3. The molecule has 6 nitrogen and oxygen atoms in total. The Morgan fingerprint density at radius 3 is 2.67 bits per heavy atom. The third-order valence-electron chi connectivity index (χ3n) is 3.43. The van der Waals surface area contributed by atoms with Gasteiger partial charge in [0.05, 0.1) is 9.40 Å². The van der Waals surface area contributed by atoms with Crippen LogP contribution in [-0.2, 0) is 4.79 Å². The molecule has 0 aliphatic rings. The number of anilines is 1. The van der Waals surface area contributed by atoms with Crippen LogP contribution in [0.1, 0.15) is 11.1 Å². The van der Waals surface area contributed by atoms with Crippen LogP contribution in [0.5, 0.6) is 5.75 Å². The van der Waals surface area contributed by atoms with Crippen LogP contribution in [0.4, 0.5) is 11.4 Å². The Balaban J connectivity index is 2.13. The first kappa shape index (κ1) is 18.2. The maximum Gasteiger partial charge on any atom is 0.293 e. The predicted octanol–water partition coefficient (Wildman–Crippen LogP) is 4.65. The second-order valence-corrected chi connectivity index (χ2v) is 6.36. The lowest BCUT2D eigenvalue weighted by Gasteiger charge is -2.12. The Labute approximate surface area is 152 Å². The fourth-order valence-corrected chi connectivity index (χ4v) is 2.82. The summed E-state index contributed by atoms with van der Waals surface area (Å²) in [7, 11) is 0. The lowest BCUT2D eigenvalue weighted by Crippen LogP contribution is -2.21. The summed E-state index contributed by atoms with van der Waals surface area (Å²) >= 11 is 9.12. The number of nitrogens with one attached hydrogen (secondary N) is 1. The van der Waals surface area contributed by atoms with Gasteiger partial charge in [0, 0.05) is 11.1 Å². The molecule has 1 amide bonds. The van der Waals surface area contributed by atoms with Gasteiger partial charge in [0.15, 0.2) is 6.61 Å². The molecule has 1 N–H and O–H groups in total. The minimum absolute atomic E-state index is 0.154. The van der Waals surface area contributed by atoms with Gasteiger partial charge >= 0.3 is 0 Å². The maximum absolute atomic E-state index is 12.1. The summed E-state index contributed by atoms with van der Waals surface area (Å²) in [6, 6.07) is 7.92. The summed E-state index contributed by atoms with van der Waals surface area (Å²) in [5.74, 6) is -0.0429. The maximum atomic E-state index is 12.1. The van der Waals surface area contributed by atoms with Crippen molar-refractivity contribution in [2.75, 3.05) is 11.9 Å². The Bertz CT molecular complexity index is 811. The molecular formula is C16H14BrClN2O4. The monoisotopic (exact) mass is 412 g/mol. The largest absolute Gasteiger partial charge is 0.483 e. The molecule has 24 heavy (non-hydrogen) atoms. The van der Waals surface area contributed by atoms with Crippen LogP contribution in [0.3, 0.4) is 0 Å². The molecule has 0 saturated heterocycles. The quantitative estimate of drug-likeness (QED) is 0.571. The van der Waals surface area contributed by atoms with Crippen molar-refractivity contribution in [1.82, 2.24) is 0 Å². The van der Waals surface area contributed by atoms with Crippen LogP contribution in [0, 0.1) is 24.0 Å². The van der Waals surface area contributed by atoms with Gasteiger partial charge in [-0.2, -0.15) is 0 Å². The average molecular weight is 414 g/mol. The molecule has 0 spiro atoms. The molecule has 8 heteroatoms. The number of halogens is 2. The Morgan fingerprint density at radius 1 is 1.33 bits per heavy atom. The van der Waals surface area contributed by atoms with Crippen LogP contribution < -0.4 is 10.1 Å². The van der Waals surface area contributed by atoms with Crippen molar-refractivity contribution in [3.05, 3.63) is 61.1 Å². The van der Waals surface area contributed by atoms with Crippen molar-refractivity contribution in [2.45, 2.75) is 13.8 Å². The molecule has 0 aliphatic carbocycles. The van der Waals surface area contributed by atoms with Gasteiger partial charge in [-0.3, -0.25) is 14.9 Å². The number of amides is 1. The van der Waals surface area contributed by atoms with E-state index in [1.807, 2.05) is 6.92 Å². The third kappa shape index (κ3) is 4.24. The zero-order valence-corrected chi connectivity index (χ0v) is 15.3. The highest BCUT2D eigenvalue weighted by Crippen LogP contribution is 2.31. The van der Waals surface area contributed by atoms with E-state index >= 15 is 0 Å². The van der Waals surface area contributed by atoms with Crippen molar-refractivity contribution in [3.63, 3.8) is 0 Å². The number of nitro benzene ring substituents is 1. The zero-order chi connectivity index (χ0) is 17.9. The van der Waals surface area contributed by atoms with E-state index in [0.29, 0.717) is 20.8 Å². The number of carbonyl (C=O) groups excluding carboxylic acids is 1. The van der Waals surface area contributed by atoms with Crippen molar-refractivity contribution in [3.8, 4) is 5.75 Å². The highest BCUT2D eigenvalue weighted by molar-refractivity contribution is 9.10. The third-order valence-corrected chi connectivity index (χ3v) is 4.28. The van der Waals surface area contributed by atoms with E-state index in [1.165, 1.54) is 6.07 Å². The lowest BCUT2D eigenvalue weighted by molar-refractivity contribution is -0.384. The number of nitrogens with zero attached hydrogens (tertiary/aromatic N) is 1. The number of nitro groups is 1. The van der Waals surface area contributed by atoms with E-state index < -0.39 is 10.8 Å². The van der Waals surface area contributed by atoms with Crippen molar-refractivity contribution >= 4 is 44.8 Å². The zero-order valence-electron chi connectivity index (χ0n) is 12.9. The Kier molecular flexibility index (Phi) is 5.80. The Morgan fingerprint density at radius 2 is 2.04 bits per heavy atom. The van der Waals surface area contributed by atoms with E-state index in [2.05, 4.69) is 21.2 Å². The second kappa shape index (κ2) is 7.63. The fourth-order valence-electron chi connectivity index (χ4n) is 2.02. The van der Waals surface area contributed by atoms with E-state index in [-0.39, 0.29) is 18.0 Å². The molecule has 0 heterocycles. The van der Waals surface area contributed by atoms with Gasteiger partial charge in [-0.1, -0.05) is 17.7 Å². The number of hydrogen-bond acceptors (Lipinski definition) is 4. The van der Waals surface area contributed by atoms with Crippen LogP contribution in [0.25, 0.3) is 0 Å². The summed E-state index contributed by atoms with van der Waals surface area (Å²) in [4.78, 5) is 22.7. The minimum Gasteiger partial charge on any atom is -0.483 e. The molecule has 0 bridgehead atoms. The minimum atomic E-state index is -0.529. The first-order valence-corrected chi connectivity index (χ1v) is 8.09. The summed E-state index contributed by atoms with van der Waals surface area (Å²) in [5.41, 5.74) is 1.52. The van der Waals surface area contributed by atoms with Crippen molar-refractivity contribution in [2.24, 2.45) is 0 Å². The second-order valence-electron chi connectivity index (χ2n) is 5.07. The van der Waals surface area contributed by atoms with Gasteiger partial charge < -0.3 is 10.1 Å². The van der Waals surface area contributed by atoms with Gasteiger partial charge in [-0.15, -0.1) is 0 Å². The molecule has 2 aromatic carbocycles. The number of ether oxygens (including phenoxy) is 1. The topological polar surface area (TPSA) is 81.5 Å². The van der Waals surface area contributed by atoms with E-state index in [9.17, 15) is 14.9 Å². The number of rotatable bonds is 5. The number of benzene rings is 2. The van der Waals surface area contributed by atoms with Gasteiger partial charge in [0.25, 0.3) is 11.6 Å². The highest BCUT2D eigenvalue weighted by Gasteiger charge is 2.19. The van der Waals surface area contributed by atoms with Crippen LogP contribution in [0.2, 0.25) is 5.02 Å². The number of hydrogen-bond donors (Lipinski definition) is 1. The number of aryl methyl sites for hydroxylation is 1. The summed E-state index contributed by atoms with van der Waals surface area (Å²) in [5, 5.41) is 14.2. The standard InChI is InChI=1S/C16H14BrClN2O4/c1-9-3-5-13(20(22)23)16(10(9)2)19-15(21)8-24-14-6-4-11(18)7-12(14)17/h3-7H,8H2,1-2H3,(H,19,21). The van der Waals surface area contributed by atoms with Gasteiger partial charge in [-0.25, -0.2) is 0 Å². The van der Waals surface area contributed by atoms with E-state index in [4.69, 9.17) is 16.3 Å². The van der Waals surface area contributed by atoms with Crippen molar-refractivity contribution in [1.29, 1.82) is 0 Å². The summed E-state index contributed by atoms with van der Waals surface area (Å²) in [6.45, 7) is 3.25. The van der Waals surface area contributed by atoms with Crippen molar-refractivity contribution < 1.29 is 14.5 Å². The molecule has 0 fully saturated rings. The molecule has 0 atom stereocenters. The van der Waals surface area contributed by atoms with Gasteiger partial charge in [-0.05, 0) is 59.1 Å². The van der Waals surface area contributed by atoms with E-state index in [1.54, 1.807) is 31.2 Å². The first-order valence-electron chi connectivity index (χ1n) is 6.92. The molecule has 126 valence electrons. The van der Waals surface area contributed by atoms with Crippen LogP contribution in [0.15, 0.2) is 34.8 Å². The molecular weight excluding hydrogens is 400 g/mol. The molecule has 2 rings (SSSR count). The summed E-state index contributed by atoms with van der Waals surface area (Å²) in [6.07, 6.45) is 0. The molecule has 2 aromatic rings. The molecule has 0 radical (unpaired) electrons. The molecule has 0 aliphatic heterocycles. The lowest BCUT2D eigenvalue weighted by atomic mass is 10.1. The highest BCUT2D eigenvalue weighted by atomic mass is 79.9. The average Bonchev–Trinajstić information content (AvgIpc) is 2.50. The first-order chi connectivity index (χ1) is 11.3. The summed E-state index contributed by atoms with van der Waals surface area (Å²) < 4.78 is 6.02. The Hall–Kier alpha value is -2.12. The van der Waals surface area contributed by atoms with Gasteiger partial charge in [0.1, 0.15) is 11.4 Å². The molecule has 0 unspecified atom stereocenters. The van der Waals surface area contributed by atoms with E-state index in [0.717, 1.165) is 5.56 Å². The van der Waals surface area contributed by atoms with Crippen LogP contribution >= 0.6 is 27.5 Å². The van der Waals surface area contributed by atoms with Gasteiger partial charge in [0.2, 0.25) is 0 Å². The molecule has 0 aromatic heterocycles. The fraction of sp³-hybridized carbons (Fsp3) is 0.188. The smallest absolute Gasteiger partial charge is 0.293 e. The predicted molar refractivity (Wildman–Crippen MR) is 95.8 cm³/mol. The van der Waals surface area contributed by atoms with Crippen LogP contribution in [-0.4, -0.2) is 17.4 Å². The SMILES string of the molecule is Cc1ccc([N+](=O)[O-])c(NC(=O)COc2ccc(Cl)cc2Br)c1C. The molecule has 0 saturated carbocycles. The number of carbonyl (C=O) groups is 1.